The van der Waals surface area contributed by atoms with E-state index in [9.17, 15) is 0 Å². The zero-order chi connectivity index (χ0) is 10.9. The molecule has 0 bridgehead atoms. The third kappa shape index (κ3) is 2.11. The van der Waals surface area contributed by atoms with Gasteiger partial charge in [-0.1, -0.05) is 11.6 Å². The van der Waals surface area contributed by atoms with Crippen LogP contribution in [0.1, 0.15) is 24.8 Å². The van der Waals surface area contributed by atoms with Crippen LogP contribution >= 0.6 is 22.9 Å². The SMILES string of the molecule is CN(C)C(C)(C)C(N)c1sccc1Cl. The zero-order valence-electron chi connectivity index (χ0n) is 9.04. The number of hydrogen-bond acceptors (Lipinski definition) is 3. The first-order chi connectivity index (χ1) is 6.37. The van der Waals surface area contributed by atoms with Crippen LogP contribution in [0.2, 0.25) is 5.02 Å². The number of nitrogens with two attached hydrogens (primary N) is 1. The van der Waals surface area contributed by atoms with Crippen LogP contribution in [0.3, 0.4) is 0 Å². The molecule has 0 aromatic carbocycles. The van der Waals surface area contributed by atoms with Gasteiger partial charge in [0.1, 0.15) is 0 Å². The van der Waals surface area contributed by atoms with E-state index in [0.29, 0.717) is 0 Å². The summed E-state index contributed by atoms with van der Waals surface area (Å²) in [6.07, 6.45) is 0. The van der Waals surface area contributed by atoms with E-state index in [0.717, 1.165) is 9.90 Å². The van der Waals surface area contributed by atoms with Gasteiger partial charge in [0.15, 0.2) is 0 Å². The van der Waals surface area contributed by atoms with Crippen molar-refractivity contribution >= 4 is 22.9 Å². The fourth-order valence-electron chi connectivity index (χ4n) is 1.13. The molecule has 2 N–H and O–H groups in total. The van der Waals surface area contributed by atoms with E-state index < -0.39 is 0 Å². The molecule has 80 valence electrons. The predicted molar refractivity (Wildman–Crippen MR) is 64.0 cm³/mol. The van der Waals surface area contributed by atoms with E-state index in [1.807, 2.05) is 25.5 Å². The van der Waals surface area contributed by atoms with Gasteiger partial charge >= 0.3 is 0 Å². The fourth-order valence-corrected chi connectivity index (χ4v) is 2.48. The molecule has 4 heteroatoms. The Bertz CT molecular complexity index is 307. The summed E-state index contributed by atoms with van der Waals surface area (Å²) in [5, 5.41) is 2.75. The summed E-state index contributed by atoms with van der Waals surface area (Å²) in [6, 6.07) is 1.85. The van der Waals surface area contributed by atoms with Gasteiger partial charge in [-0.05, 0) is 39.4 Å². The second kappa shape index (κ2) is 4.19. The lowest BCUT2D eigenvalue weighted by Gasteiger charge is -2.37. The lowest BCUT2D eigenvalue weighted by atomic mass is 9.93. The highest BCUT2D eigenvalue weighted by atomic mass is 35.5. The van der Waals surface area contributed by atoms with E-state index in [1.165, 1.54) is 0 Å². The van der Waals surface area contributed by atoms with Crippen LogP contribution in [-0.4, -0.2) is 24.5 Å². The highest BCUT2D eigenvalue weighted by molar-refractivity contribution is 7.10. The average Bonchev–Trinajstić information content (AvgIpc) is 2.49. The van der Waals surface area contributed by atoms with Gasteiger partial charge in [-0.15, -0.1) is 11.3 Å². The van der Waals surface area contributed by atoms with Gasteiger partial charge in [-0.25, -0.2) is 0 Å². The first-order valence-corrected chi connectivity index (χ1v) is 5.79. The van der Waals surface area contributed by atoms with E-state index in [-0.39, 0.29) is 11.6 Å². The van der Waals surface area contributed by atoms with Gasteiger partial charge in [0.25, 0.3) is 0 Å². The molecule has 0 aliphatic heterocycles. The maximum atomic E-state index is 6.20. The van der Waals surface area contributed by atoms with Crippen molar-refractivity contribution < 1.29 is 0 Å². The molecule has 0 saturated heterocycles. The van der Waals surface area contributed by atoms with Crippen LogP contribution in [0.15, 0.2) is 11.4 Å². The zero-order valence-corrected chi connectivity index (χ0v) is 10.6. The number of nitrogens with zero attached hydrogens (tertiary/aromatic N) is 1. The highest BCUT2D eigenvalue weighted by Crippen LogP contribution is 2.35. The molecule has 0 spiro atoms. The molecule has 0 amide bonds. The molecular formula is C10H17ClN2S. The molecule has 1 aromatic rings. The van der Waals surface area contributed by atoms with Crippen molar-refractivity contribution in [1.29, 1.82) is 0 Å². The Morgan fingerprint density at radius 3 is 2.43 bits per heavy atom. The van der Waals surface area contributed by atoms with E-state index >= 15 is 0 Å². The number of hydrogen-bond donors (Lipinski definition) is 1. The van der Waals surface area contributed by atoms with Crippen molar-refractivity contribution in [3.63, 3.8) is 0 Å². The Balaban J connectivity index is 2.96. The largest absolute Gasteiger partial charge is 0.322 e. The molecule has 1 rings (SSSR count). The first kappa shape index (κ1) is 12.0. The van der Waals surface area contributed by atoms with E-state index in [1.54, 1.807) is 11.3 Å². The Morgan fingerprint density at radius 2 is 2.07 bits per heavy atom. The van der Waals surface area contributed by atoms with Gasteiger partial charge in [0, 0.05) is 10.4 Å². The Kier molecular flexibility index (Phi) is 3.58. The predicted octanol–water partition coefficient (Wildman–Crippen LogP) is 2.74. The number of halogens is 1. The molecule has 0 saturated carbocycles. The molecule has 0 fully saturated rings. The van der Waals surface area contributed by atoms with Crippen LogP contribution < -0.4 is 5.73 Å². The molecule has 0 aliphatic carbocycles. The molecule has 1 unspecified atom stereocenters. The molecule has 1 aromatic heterocycles. The summed E-state index contributed by atoms with van der Waals surface area (Å²) in [5.41, 5.74) is 6.11. The minimum absolute atomic E-state index is 0.0509. The smallest absolute Gasteiger partial charge is 0.0586 e. The number of likely N-dealkylation sites (N-methyl/N-ethyl adjacent to an activating group) is 1. The van der Waals surface area contributed by atoms with E-state index in [2.05, 4.69) is 18.7 Å². The molecule has 2 nitrogen and oxygen atoms in total. The van der Waals surface area contributed by atoms with Crippen LogP contribution in [-0.2, 0) is 0 Å². The van der Waals surface area contributed by atoms with Gasteiger partial charge in [-0.3, -0.25) is 0 Å². The van der Waals surface area contributed by atoms with E-state index in [4.69, 9.17) is 17.3 Å². The topological polar surface area (TPSA) is 29.3 Å². The average molecular weight is 233 g/mol. The van der Waals surface area contributed by atoms with Crippen molar-refractivity contribution in [2.45, 2.75) is 25.4 Å². The van der Waals surface area contributed by atoms with Gasteiger partial charge in [0.05, 0.1) is 11.1 Å². The second-order valence-electron chi connectivity index (χ2n) is 4.16. The Hall–Kier alpha value is -0.0900. The van der Waals surface area contributed by atoms with Gasteiger partial charge in [0.2, 0.25) is 0 Å². The third-order valence-electron chi connectivity index (χ3n) is 2.84. The van der Waals surface area contributed by atoms with Crippen molar-refractivity contribution in [3.05, 3.63) is 21.3 Å². The molecule has 1 heterocycles. The van der Waals surface area contributed by atoms with Crippen molar-refractivity contribution in [1.82, 2.24) is 4.90 Å². The quantitative estimate of drug-likeness (QED) is 0.869. The second-order valence-corrected chi connectivity index (χ2v) is 5.51. The van der Waals surface area contributed by atoms with Crippen LogP contribution in [0.5, 0.6) is 0 Å². The first-order valence-electron chi connectivity index (χ1n) is 4.53. The summed E-state index contributed by atoms with van der Waals surface area (Å²) >= 11 is 7.68. The van der Waals surface area contributed by atoms with Crippen LogP contribution in [0.4, 0.5) is 0 Å². The minimum atomic E-state index is -0.0888. The van der Waals surface area contributed by atoms with Gasteiger partial charge < -0.3 is 10.6 Å². The third-order valence-corrected chi connectivity index (χ3v) is 4.28. The maximum absolute atomic E-state index is 6.20. The number of rotatable bonds is 3. The normalized spacial score (nSPS) is 14.8. The van der Waals surface area contributed by atoms with Crippen molar-refractivity contribution in [2.75, 3.05) is 14.1 Å². The Morgan fingerprint density at radius 1 is 1.50 bits per heavy atom. The lowest BCUT2D eigenvalue weighted by molar-refractivity contribution is 0.160. The highest BCUT2D eigenvalue weighted by Gasteiger charge is 2.31. The molecule has 0 radical (unpaired) electrons. The summed E-state index contributed by atoms with van der Waals surface area (Å²) in [7, 11) is 4.06. The summed E-state index contributed by atoms with van der Waals surface area (Å²) in [4.78, 5) is 3.18. The van der Waals surface area contributed by atoms with Crippen LogP contribution in [0.25, 0.3) is 0 Å². The monoisotopic (exact) mass is 232 g/mol. The summed E-state index contributed by atoms with van der Waals surface area (Å²) < 4.78 is 0. The number of thiophene rings is 1. The van der Waals surface area contributed by atoms with Crippen LogP contribution in [0, 0.1) is 0 Å². The van der Waals surface area contributed by atoms with Crippen molar-refractivity contribution in [3.8, 4) is 0 Å². The van der Waals surface area contributed by atoms with Gasteiger partial charge in [-0.2, -0.15) is 0 Å². The Labute approximate surface area is 94.7 Å². The summed E-state index contributed by atoms with van der Waals surface area (Å²) in [6.45, 7) is 4.24. The maximum Gasteiger partial charge on any atom is 0.0586 e. The minimum Gasteiger partial charge on any atom is -0.322 e. The molecule has 0 aliphatic rings. The molecular weight excluding hydrogens is 216 g/mol. The lowest BCUT2D eigenvalue weighted by Crippen LogP contribution is -2.47. The molecule has 14 heavy (non-hydrogen) atoms. The van der Waals surface area contributed by atoms with Crippen molar-refractivity contribution in [2.24, 2.45) is 5.73 Å². The summed E-state index contributed by atoms with van der Waals surface area (Å²) in [5.74, 6) is 0. The fraction of sp³-hybridized carbons (Fsp3) is 0.600. The standard InChI is InChI=1S/C10H17ClN2S/c1-10(2,13(3)4)9(12)8-7(11)5-6-14-8/h5-6,9H,12H2,1-4H3. The molecule has 1 atom stereocenters.